The van der Waals surface area contributed by atoms with Crippen LogP contribution in [0.3, 0.4) is 0 Å². The molecule has 0 aliphatic carbocycles. The van der Waals surface area contributed by atoms with E-state index in [4.69, 9.17) is 9.47 Å². The van der Waals surface area contributed by atoms with E-state index in [0.717, 1.165) is 10.0 Å². The summed E-state index contributed by atoms with van der Waals surface area (Å²) in [5.74, 6) is 0.385. The number of rotatable bonds is 4. The first-order valence-electron chi connectivity index (χ1n) is 10.4. The molecule has 1 saturated heterocycles. The molecular formula is C24H29BrN2O4. The standard InChI is InChI=1S/C24H29BrN2O4/c1-17-10-11-20(19(25)16-17)26-21(28)24(30-18-8-6-5-7-9-18)12-14-27(15-13-24)22(29)31-23(2,3)4/h5-11,16H,12-15H2,1-4H3,(H,26,28). The summed E-state index contributed by atoms with van der Waals surface area (Å²) >= 11 is 3.52. The van der Waals surface area contributed by atoms with E-state index in [0.29, 0.717) is 37.4 Å². The predicted molar refractivity (Wildman–Crippen MR) is 124 cm³/mol. The highest BCUT2D eigenvalue weighted by molar-refractivity contribution is 9.10. The summed E-state index contributed by atoms with van der Waals surface area (Å²) in [6.07, 6.45) is 0.342. The van der Waals surface area contributed by atoms with Crippen molar-refractivity contribution in [2.24, 2.45) is 0 Å². The second-order valence-electron chi connectivity index (χ2n) is 8.81. The van der Waals surface area contributed by atoms with Gasteiger partial charge in [0.1, 0.15) is 11.4 Å². The highest BCUT2D eigenvalue weighted by atomic mass is 79.9. The van der Waals surface area contributed by atoms with Crippen LogP contribution in [0.4, 0.5) is 10.5 Å². The Bertz CT molecular complexity index is 932. The molecule has 0 spiro atoms. The zero-order valence-corrected chi connectivity index (χ0v) is 20.0. The highest BCUT2D eigenvalue weighted by Crippen LogP contribution is 2.32. The minimum atomic E-state index is -1.09. The first-order chi connectivity index (χ1) is 14.6. The molecule has 2 amide bonds. The van der Waals surface area contributed by atoms with Gasteiger partial charge < -0.3 is 19.7 Å². The summed E-state index contributed by atoms with van der Waals surface area (Å²) in [4.78, 5) is 27.6. The van der Waals surface area contributed by atoms with Gasteiger partial charge in [0, 0.05) is 30.4 Å². The lowest BCUT2D eigenvalue weighted by atomic mass is 9.89. The lowest BCUT2D eigenvalue weighted by Crippen LogP contribution is -2.56. The first-order valence-corrected chi connectivity index (χ1v) is 11.2. The summed E-state index contributed by atoms with van der Waals surface area (Å²) in [7, 11) is 0. The van der Waals surface area contributed by atoms with Gasteiger partial charge in [0.25, 0.3) is 5.91 Å². The molecule has 0 unspecified atom stereocenters. The number of aryl methyl sites for hydroxylation is 1. The van der Waals surface area contributed by atoms with Crippen molar-refractivity contribution in [3.8, 4) is 5.75 Å². The summed E-state index contributed by atoms with van der Waals surface area (Å²) in [5, 5.41) is 3.01. The van der Waals surface area contributed by atoms with Crippen molar-refractivity contribution in [1.82, 2.24) is 4.90 Å². The van der Waals surface area contributed by atoms with Gasteiger partial charge >= 0.3 is 6.09 Å². The SMILES string of the molecule is Cc1ccc(NC(=O)C2(Oc3ccccc3)CCN(C(=O)OC(C)(C)C)CC2)c(Br)c1. The normalized spacial score (nSPS) is 15.8. The van der Waals surface area contributed by atoms with E-state index < -0.39 is 11.2 Å². The van der Waals surface area contributed by atoms with Crippen LogP contribution in [0.1, 0.15) is 39.2 Å². The Hall–Kier alpha value is -2.54. The maximum atomic E-state index is 13.4. The second-order valence-corrected chi connectivity index (χ2v) is 9.67. The van der Waals surface area contributed by atoms with Crippen LogP contribution in [-0.2, 0) is 9.53 Å². The first kappa shape index (κ1) is 23.1. The minimum Gasteiger partial charge on any atom is -0.477 e. The zero-order chi connectivity index (χ0) is 22.6. The van der Waals surface area contributed by atoms with Gasteiger partial charge in [-0.1, -0.05) is 24.3 Å². The fourth-order valence-corrected chi connectivity index (χ4v) is 4.02. The number of para-hydroxylation sites is 1. The fourth-order valence-electron chi connectivity index (χ4n) is 3.42. The summed E-state index contributed by atoms with van der Waals surface area (Å²) in [6, 6.07) is 15.0. The average molecular weight is 489 g/mol. The number of ether oxygens (including phenoxy) is 2. The smallest absolute Gasteiger partial charge is 0.410 e. The van der Waals surface area contributed by atoms with Gasteiger partial charge in [-0.15, -0.1) is 0 Å². The molecule has 1 aliphatic heterocycles. The van der Waals surface area contributed by atoms with Gasteiger partial charge in [-0.25, -0.2) is 4.79 Å². The van der Waals surface area contributed by atoms with Crippen molar-refractivity contribution in [1.29, 1.82) is 0 Å². The third-order valence-corrected chi connectivity index (χ3v) is 5.72. The number of hydrogen-bond acceptors (Lipinski definition) is 4. The number of carbonyl (C=O) groups is 2. The zero-order valence-electron chi connectivity index (χ0n) is 18.4. The van der Waals surface area contributed by atoms with Crippen LogP contribution in [0.25, 0.3) is 0 Å². The van der Waals surface area contributed by atoms with Crippen molar-refractivity contribution in [3.63, 3.8) is 0 Å². The van der Waals surface area contributed by atoms with Crippen LogP contribution in [0.2, 0.25) is 0 Å². The number of nitrogens with one attached hydrogen (secondary N) is 1. The monoisotopic (exact) mass is 488 g/mol. The molecule has 2 aromatic carbocycles. The number of piperidine rings is 1. The molecule has 0 saturated carbocycles. The average Bonchev–Trinajstić information content (AvgIpc) is 2.70. The molecule has 0 aromatic heterocycles. The molecule has 0 bridgehead atoms. The molecular weight excluding hydrogens is 460 g/mol. The Morgan fingerprint density at radius 2 is 1.71 bits per heavy atom. The van der Waals surface area contributed by atoms with Gasteiger partial charge in [-0.05, 0) is 73.5 Å². The molecule has 3 rings (SSSR count). The lowest BCUT2D eigenvalue weighted by Gasteiger charge is -2.40. The van der Waals surface area contributed by atoms with Crippen molar-refractivity contribution in [2.75, 3.05) is 18.4 Å². The molecule has 1 heterocycles. The largest absolute Gasteiger partial charge is 0.477 e. The number of carbonyl (C=O) groups excluding carboxylic acids is 2. The van der Waals surface area contributed by atoms with Crippen molar-refractivity contribution < 1.29 is 19.1 Å². The molecule has 31 heavy (non-hydrogen) atoms. The molecule has 166 valence electrons. The van der Waals surface area contributed by atoms with Crippen LogP contribution in [0, 0.1) is 6.92 Å². The maximum absolute atomic E-state index is 13.4. The number of benzene rings is 2. The van der Waals surface area contributed by atoms with E-state index in [1.165, 1.54) is 0 Å². The van der Waals surface area contributed by atoms with Crippen molar-refractivity contribution >= 4 is 33.6 Å². The number of likely N-dealkylation sites (tertiary alicyclic amines) is 1. The minimum absolute atomic E-state index is 0.232. The van der Waals surface area contributed by atoms with Gasteiger partial charge in [0.2, 0.25) is 0 Å². The predicted octanol–water partition coefficient (Wildman–Crippen LogP) is 5.54. The molecule has 0 radical (unpaired) electrons. The third kappa shape index (κ3) is 6.00. The lowest BCUT2D eigenvalue weighted by molar-refractivity contribution is -0.135. The summed E-state index contributed by atoms with van der Waals surface area (Å²) in [6.45, 7) is 8.23. The number of hydrogen-bond donors (Lipinski definition) is 1. The Balaban J connectivity index is 1.80. The number of halogens is 1. The topological polar surface area (TPSA) is 67.9 Å². The molecule has 6 nitrogen and oxygen atoms in total. The molecule has 7 heteroatoms. The van der Waals surface area contributed by atoms with Crippen LogP contribution in [0.5, 0.6) is 5.75 Å². The van der Waals surface area contributed by atoms with Gasteiger partial charge in [-0.3, -0.25) is 4.79 Å². The Morgan fingerprint density at radius 3 is 2.29 bits per heavy atom. The summed E-state index contributed by atoms with van der Waals surface area (Å²) in [5.41, 5.74) is 0.109. The number of amides is 2. The number of anilines is 1. The summed E-state index contributed by atoms with van der Waals surface area (Å²) < 4.78 is 12.6. The van der Waals surface area contributed by atoms with Crippen LogP contribution < -0.4 is 10.1 Å². The molecule has 1 fully saturated rings. The van der Waals surface area contributed by atoms with Crippen molar-refractivity contribution in [2.45, 2.75) is 51.7 Å². The molecule has 1 N–H and O–H groups in total. The Kier molecular flexibility index (Phi) is 6.94. The van der Waals surface area contributed by atoms with E-state index in [1.807, 2.05) is 76.2 Å². The molecule has 2 aromatic rings. The highest BCUT2D eigenvalue weighted by Gasteiger charge is 2.45. The fraction of sp³-hybridized carbons (Fsp3) is 0.417. The van der Waals surface area contributed by atoms with Gasteiger partial charge in [0.05, 0.1) is 5.69 Å². The van der Waals surface area contributed by atoms with Gasteiger partial charge in [-0.2, -0.15) is 0 Å². The van der Waals surface area contributed by atoms with E-state index in [-0.39, 0.29) is 12.0 Å². The third-order valence-electron chi connectivity index (χ3n) is 5.07. The Morgan fingerprint density at radius 1 is 1.06 bits per heavy atom. The maximum Gasteiger partial charge on any atom is 0.410 e. The second kappa shape index (κ2) is 9.30. The van der Waals surface area contributed by atoms with Crippen LogP contribution in [0.15, 0.2) is 53.0 Å². The van der Waals surface area contributed by atoms with E-state index in [9.17, 15) is 9.59 Å². The van der Waals surface area contributed by atoms with Crippen molar-refractivity contribution in [3.05, 3.63) is 58.6 Å². The van der Waals surface area contributed by atoms with E-state index in [1.54, 1.807) is 4.90 Å². The van der Waals surface area contributed by atoms with E-state index >= 15 is 0 Å². The molecule has 0 atom stereocenters. The number of nitrogens with zero attached hydrogens (tertiary/aromatic N) is 1. The van der Waals surface area contributed by atoms with E-state index in [2.05, 4.69) is 21.2 Å². The molecule has 1 aliphatic rings. The van der Waals surface area contributed by atoms with Gasteiger partial charge in [0.15, 0.2) is 5.60 Å². The van der Waals surface area contributed by atoms with Crippen LogP contribution in [-0.4, -0.2) is 41.2 Å². The Labute approximate surface area is 192 Å². The quantitative estimate of drug-likeness (QED) is 0.612. The van der Waals surface area contributed by atoms with Crippen LogP contribution >= 0.6 is 15.9 Å².